The zero-order valence-corrected chi connectivity index (χ0v) is 5.21. The third-order valence-corrected chi connectivity index (χ3v) is 0.947. The molecule has 1 amide bonds. The molecule has 36 valence electrons. The van der Waals surface area contributed by atoms with Crippen molar-refractivity contribution in [2.75, 3.05) is 5.33 Å². The molecule has 0 aliphatic carbocycles. The zero-order valence-electron chi connectivity index (χ0n) is 2.87. The van der Waals surface area contributed by atoms with Gasteiger partial charge in [0.25, 0.3) is 0 Å². The van der Waals surface area contributed by atoms with E-state index >= 15 is 0 Å². The first-order valence-electron chi connectivity index (χ1n) is 1.26. The Hall–Kier alpha value is 0.240. The molecule has 1 N–H and O–H groups in total. The summed E-state index contributed by atoms with van der Waals surface area (Å²) in [6.07, 6.45) is 0. The molecule has 0 saturated carbocycles. The fourth-order valence-electron chi connectivity index (χ4n) is 0.0253. The molecule has 0 fully saturated rings. The van der Waals surface area contributed by atoms with Gasteiger partial charge in [0.1, 0.15) is 0 Å². The molecule has 0 atom stereocenters. The van der Waals surface area contributed by atoms with Crippen LogP contribution in [0.5, 0.6) is 0 Å². The minimum atomic E-state index is -0.225. The number of halogens is 2. The number of carbonyl (C=O) groups excluding carboxylic acids is 1. The van der Waals surface area contributed by atoms with E-state index in [0.29, 0.717) is 0 Å². The van der Waals surface area contributed by atoms with Crippen molar-refractivity contribution >= 4 is 33.6 Å². The molecule has 0 spiro atoms. The molecule has 4 heteroatoms. The Labute approximate surface area is 49.1 Å². The van der Waals surface area contributed by atoms with Gasteiger partial charge < -0.3 is 0 Å². The lowest BCUT2D eigenvalue weighted by atomic mass is 10.8. The average Bonchev–Trinajstić information content (AvgIpc) is 1.65. The van der Waals surface area contributed by atoms with Crippen LogP contribution in [-0.2, 0) is 4.79 Å². The van der Waals surface area contributed by atoms with Gasteiger partial charge in [-0.05, 0) is 0 Å². The van der Waals surface area contributed by atoms with Crippen molar-refractivity contribution in [3.63, 3.8) is 0 Å². The number of hydrogen-bond donors (Lipinski definition) is 1. The van der Waals surface area contributed by atoms with Gasteiger partial charge in [-0.1, -0.05) is 15.9 Å². The Morgan fingerprint density at radius 2 is 2.50 bits per heavy atom. The van der Waals surface area contributed by atoms with Gasteiger partial charge in [0.15, 0.2) is 0 Å². The van der Waals surface area contributed by atoms with Crippen LogP contribution in [0.3, 0.4) is 0 Å². The lowest BCUT2D eigenvalue weighted by Gasteiger charge is -1.82. The van der Waals surface area contributed by atoms with Crippen molar-refractivity contribution < 1.29 is 4.79 Å². The van der Waals surface area contributed by atoms with Gasteiger partial charge in [0.2, 0.25) is 5.91 Å². The van der Waals surface area contributed by atoms with Crippen molar-refractivity contribution in [1.29, 1.82) is 0 Å². The molecule has 0 aromatic rings. The molecule has 2 nitrogen and oxygen atoms in total. The van der Waals surface area contributed by atoms with Gasteiger partial charge in [-0.25, -0.2) is 0 Å². The first kappa shape index (κ1) is 6.24. The standard InChI is InChI=1S/C2H3BrClNO/c3-1-2(6)5-4/h1H2,(H,5,6). The van der Waals surface area contributed by atoms with Crippen molar-refractivity contribution in [1.82, 2.24) is 4.84 Å². The number of carbonyl (C=O) groups is 1. The first-order valence-corrected chi connectivity index (χ1v) is 2.76. The second kappa shape index (κ2) is 3.43. The number of hydrogen-bond acceptors (Lipinski definition) is 1. The van der Waals surface area contributed by atoms with Gasteiger partial charge in [-0.15, -0.1) is 0 Å². The monoisotopic (exact) mass is 171 g/mol. The second-order valence-corrected chi connectivity index (χ2v) is 1.40. The number of rotatable bonds is 1. The van der Waals surface area contributed by atoms with Crippen molar-refractivity contribution in [2.24, 2.45) is 0 Å². The SMILES string of the molecule is O=C(CBr)NCl. The molecule has 0 saturated heterocycles. The van der Waals surface area contributed by atoms with Gasteiger partial charge in [0.05, 0.1) is 5.33 Å². The Bertz CT molecular complexity index is 51.5. The predicted molar refractivity (Wildman–Crippen MR) is 27.8 cm³/mol. The smallest absolute Gasteiger partial charge is 0.244 e. The van der Waals surface area contributed by atoms with E-state index in [1.165, 1.54) is 0 Å². The van der Waals surface area contributed by atoms with E-state index in [-0.39, 0.29) is 11.2 Å². The molecule has 0 rings (SSSR count). The molecular formula is C2H3BrClNO. The van der Waals surface area contributed by atoms with Crippen LogP contribution in [0.1, 0.15) is 0 Å². The Morgan fingerprint density at radius 3 is 2.50 bits per heavy atom. The fraction of sp³-hybridized carbons (Fsp3) is 0.500. The molecule has 0 aliphatic rings. The lowest BCUT2D eigenvalue weighted by molar-refractivity contribution is -0.116. The number of nitrogens with one attached hydrogen (secondary N) is 1. The molecule has 0 heterocycles. The van der Waals surface area contributed by atoms with Crippen LogP contribution in [0.2, 0.25) is 0 Å². The normalized spacial score (nSPS) is 7.67. The Balaban J connectivity index is 2.99. The van der Waals surface area contributed by atoms with Crippen LogP contribution < -0.4 is 4.84 Å². The van der Waals surface area contributed by atoms with Gasteiger partial charge in [-0.3, -0.25) is 9.63 Å². The van der Waals surface area contributed by atoms with Gasteiger partial charge in [0, 0.05) is 11.8 Å². The highest BCUT2D eigenvalue weighted by molar-refractivity contribution is 9.09. The minimum Gasteiger partial charge on any atom is -0.273 e. The highest BCUT2D eigenvalue weighted by Crippen LogP contribution is 1.77. The Morgan fingerprint density at radius 1 is 2.00 bits per heavy atom. The average molecular weight is 172 g/mol. The predicted octanol–water partition coefficient (Wildman–Crippen LogP) is 0.651. The maximum atomic E-state index is 9.89. The summed E-state index contributed by atoms with van der Waals surface area (Å²) in [6.45, 7) is 0. The van der Waals surface area contributed by atoms with Gasteiger partial charge >= 0.3 is 0 Å². The van der Waals surface area contributed by atoms with Crippen LogP contribution in [0, 0.1) is 0 Å². The fourth-order valence-corrected chi connectivity index (χ4v) is 0.394. The summed E-state index contributed by atoms with van der Waals surface area (Å²) in [6, 6.07) is 0. The van der Waals surface area contributed by atoms with E-state index in [9.17, 15) is 4.79 Å². The van der Waals surface area contributed by atoms with Crippen molar-refractivity contribution in [3.8, 4) is 0 Å². The number of amides is 1. The quantitative estimate of drug-likeness (QED) is 0.457. The third kappa shape index (κ3) is 2.48. The summed E-state index contributed by atoms with van der Waals surface area (Å²) in [5, 5.41) is 0.260. The van der Waals surface area contributed by atoms with E-state index in [0.717, 1.165) is 0 Å². The number of alkyl halides is 1. The molecule has 0 aromatic carbocycles. The topological polar surface area (TPSA) is 29.1 Å². The van der Waals surface area contributed by atoms with E-state index in [2.05, 4.69) is 15.9 Å². The highest BCUT2D eigenvalue weighted by Gasteiger charge is 1.88. The third-order valence-electron chi connectivity index (χ3n) is 0.227. The molecule has 6 heavy (non-hydrogen) atoms. The molecule has 0 aliphatic heterocycles. The largest absolute Gasteiger partial charge is 0.273 e. The van der Waals surface area contributed by atoms with Crippen LogP contribution in [-0.4, -0.2) is 11.2 Å². The van der Waals surface area contributed by atoms with Crippen LogP contribution in [0.15, 0.2) is 0 Å². The molecule has 0 bridgehead atoms. The molecule has 0 aromatic heterocycles. The van der Waals surface area contributed by atoms with E-state index in [4.69, 9.17) is 11.8 Å². The van der Waals surface area contributed by atoms with Crippen molar-refractivity contribution in [3.05, 3.63) is 0 Å². The van der Waals surface area contributed by atoms with Crippen LogP contribution in [0.25, 0.3) is 0 Å². The molecule has 0 radical (unpaired) electrons. The summed E-state index contributed by atoms with van der Waals surface area (Å²) < 4.78 is 0. The summed E-state index contributed by atoms with van der Waals surface area (Å²) >= 11 is 7.70. The lowest BCUT2D eigenvalue weighted by Crippen LogP contribution is -2.12. The highest BCUT2D eigenvalue weighted by atomic mass is 79.9. The van der Waals surface area contributed by atoms with Crippen LogP contribution in [0.4, 0.5) is 0 Å². The maximum absolute atomic E-state index is 9.89. The van der Waals surface area contributed by atoms with Crippen LogP contribution >= 0.6 is 27.7 Å². The van der Waals surface area contributed by atoms with E-state index in [1.54, 1.807) is 0 Å². The van der Waals surface area contributed by atoms with E-state index < -0.39 is 0 Å². The summed E-state index contributed by atoms with van der Waals surface area (Å²) in [5.41, 5.74) is 0. The molecule has 0 unspecified atom stereocenters. The zero-order chi connectivity index (χ0) is 4.99. The molecular weight excluding hydrogens is 169 g/mol. The van der Waals surface area contributed by atoms with Crippen molar-refractivity contribution in [2.45, 2.75) is 0 Å². The first-order chi connectivity index (χ1) is 2.81. The minimum absolute atomic E-state index is 0.225. The summed E-state index contributed by atoms with van der Waals surface area (Å²) in [4.78, 5) is 11.8. The van der Waals surface area contributed by atoms with Gasteiger partial charge in [-0.2, -0.15) is 0 Å². The summed E-state index contributed by atoms with van der Waals surface area (Å²) in [7, 11) is 0. The second-order valence-electron chi connectivity index (χ2n) is 0.651. The maximum Gasteiger partial charge on any atom is 0.244 e. The summed E-state index contributed by atoms with van der Waals surface area (Å²) in [5.74, 6) is -0.225. The van der Waals surface area contributed by atoms with E-state index in [1.807, 2.05) is 4.84 Å². The Kier molecular flexibility index (Phi) is 3.57.